The molecular weight excluding hydrogens is 496 g/mol. The number of nitrogens with zero attached hydrogens (tertiary/aromatic N) is 1. The Morgan fingerprint density at radius 1 is 0.914 bits per heavy atom. The van der Waals surface area contributed by atoms with Crippen LogP contribution in [0.1, 0.15) is 10.4 Å². The van der Waals surface area contributed by atoms with Gasteiger partial charge in [0.25, 0.3) is 10.0 Å². The van der Waals surface area contributed by atoms with E-state index in [1.54, 1.807) is 12.1 Å². The van der Waals surface area contributed by atoms with Crippen LogP contribution in [0.4, 0.5) is 11.4 Å². The van der Waals surface area contributed by atoms with Crippen molar-refractivity contribution in [3.63, 3.8) is 0 Å². The van der Waals surface area contributed by atoms with Crippen LogP contribution in [0.5, 0.6) is 11.5 Å². The first kappa shape index (κ1) is 25.9. The molecule has 0 aliphatic rings. The third-order valence-electron chi connectivity index (χ3n) is 4.91. The normalized spacial score (nSPS) is 10.9. The van der Waals surface area contributed by atoms with Crippen molar-refractivity contribution in [1.82, 2.24) is 0 Å². The smallest absolute Gasteiger partial charge is 0.337 e. The minimum atomic E-state index is -4.22. The summed E-state index contributed by atoms with van der Waals surface area (Å²) in [6.45, 7) is -0.555. The van der Waals surface area contributed by atoms with Gasteiger partial charge in [-0.2, -0.15) is 0 Å². The Morgan fingerprint density at radius 3 is 2.23 bits per heavy atom. The fourth-order valence-electron chi connectivity index (χ4n) is 3.20. The molecule has 1 amide bonds. The summed E-state index contributed by atoms with van der Waals surface area (Å²) >= 11 is 5.97. The number of ether oxygens (including phenoxy) is 3. The second kappa shape index (κ2) is 11.1. The summed E-state index contributed by atoms with van der Waals surface area (Å²) in [5, 5.41) is 3.02. The lowest BCUT2D eigenvalue weighted by Crippen LogP contribution is -2.38. The third kappa shape index (κ3) is 6.03. The van der Waals surface area contributed by atoms with Gasteiger partial charge in [-0.1, -0.05) is 17.7 Å². The minimum absolute atomic E-state index is 0.106. The molecule has 0 aliphatic carbocycles. The van der Waals surface area contributed by atoms with E-state index in [1.165, 1.54) is 75.9 Å². The Labute approximate surface area is 208 Å². The summed E-state index contributed by atoms with van der Waals surface area (Å²) in [6.07, 6.45) is 0. The second-order valence-corrected chi connectivity index (χ2v) is 9.42. The van der Waals surface area contributed by atoms with Crippen molar-refractivity contribution in [2.45, 2.75) is 4.90 Å². The molecule has 0 atom stereocenters. The molecule has 9 nitrogen and oxygen atoms in total. The van der Waals surface area contributed by atoms with Crippen molar-refractivity contribution in [1.29, 1.82) is 0 Å². The van der Waals surface area contributed by atoms with Crippen molar-refractivity contribution in [2.24, 2.45) is 0 Å². The summed E-state index contributed by atoms with van der Waals surface area (Å²) in [6, 6.07) is 16.3. The molecule has 0 saturated carbocycles. The van der Waals surface area contributed by atoms with E-state index >= 15 is 0 Å². The Balaban J connectivity index is 1.96. The Morgan fingerprint density at radius 2 is 1.60 bits per heavy atom. The highest BCUT2D eigenvalue weighted by molar-refractivity contribution is 7.92. The van der Waals surface area contributed by atoms with E-state index in [0.29, 0.717) is 16.5 Å². The van der Waals surface area contributed by atoms with Crippen molar-refractivity contribution in [3.05, 3.63) is 77.3 Å². The number of esters is 1. The molecule has 0 saturated heterocycles. The number of methoxy groups -OCH3 is 3. The van der Waals surface area contributed by atoms with Crippen LogP contribution in [0.2, 0.25) is 5.02 Å². The average Bonchev–Trinajstić information content (AvgIpc) is 2.87. The maximum atomic E-state index is 13.6. The van der Waals surface area contributed by atoms with Gasteiger partial charge in [-0.25, -0.2) is 13.2 Å². The fraction of sp³-hybridized carbons (Fsp3) is 0.167. The van der Waals surface area contributed by atoms with Crippen LogP contribution in [-0.2, 0) is 19.6 Å². The van der Waals surface area contributed by atoms with E-state index in [-0.39, 0.29) is 21.9 Å². The van der Waals surface area contributed by atoms with Crippen LogP contribution < -0.4 is 19.1 Å². The molecule has 184 valence electrons. The molecule has 35 heavy (non-hydrogen) atoms. The van der Waals surface area contributed by atoms with Crippen LogP contribution in [0.15, 0.2) is 71.6 Å². The number of carbonyl (C=O) groups excluding carboxylic acids is 2. The molecule has 0 spiro atoms. The lowest BCUT2D eigenvalue weighted by Gasteiger charge is -2.24. The summed E-state index contributed by atoms with van der Waals surface area (Å²) in [4.78, 5) is 24.6. The molecular formula is C24H23ClN2O7S. The van der Waals surface area contributed by atoms with Gasteiger partial charge in [-0.3, -0.25) is 9.10 Å². The van der Waals surface area contributed by atoms with Crippen LogP contribution >= 0.6 is 11.6 Å². The monoisotopic (exact) mass is 518 g/mol. The van der Waals surface area contributed by atoms with E-state index in [0.717, 1.165) is 4.31 Å². The maximum absolute atomic E-state index is 13.6. The molecule has 0 radical (unpaired) electrons. The van der Waals surface area contributed by atoms with Crippen LogP contribution in [-0.4, -0.2) is 48.2 Å². The van der Waals surface area contributed by atoms with Crippen molar-refractivity contribution < 1.29 is 32.2 Å². The van der Waals surface area contributed by atoms with Gasteiger partial charge in [0.15, 0.2) is 11.5 Å². The molecule has 0 unspecified atom stereocenters. The van der Waals surface area contributed by atoms with E-state index in [1.807, 2.05) is 0 Å². The third-order valence-corrected chi connectivity index (χ3v) is 6.93. The van der Waals surface area contributed by atoms with Gasteiger partial charge in [0.1, 0.15) is 6.54 Å². The van der Waals surface area contributed by atoms with Gasteiger partial charge in [-0.05, 0) is 54.6 Å². The zero-order chi connectivity index (χ0) is 25.6. The summed E-state index contributed by atoms with van der Waals surface area (Å²) in [7, 11) is -0.145. The number of halogens is 1. The lowest BCUT2D eigenvalue weighted by molar-refractivity contribution is -0.114. The van der Waals surface area contributed by atoms with Gasteiger partial charge in [0.2, 0.25) is 5.91 Å². The second-order valence-electron chi connectivity index (χ2n) is 7.13. The first-order valence-corrected chi connectivity index (χ1v) is 12.0. The van der Waals surface area contributed by atoms with E-state index in [4.69, 9.17) is 21.1 Å². The number of hydrogen-bond donors (Lipinski definition) is 1. The zero-order valence-electron chi connectivity index (χ0n) is 19.1. The Hall–Kier alpha value is -3.76. The molecule has 0 aliphatic heterocycles. The average molecular weight is 519 g/mol. The van der Waals surface area contributed by atoms with Crippen LogP contribution in [0, 0.1) is 0 Å². The first-order chi connectivity index (χ1) is 16.7. The Kier molecular flexibility index (Phi) is 8.21. The SMILES string of the molecule is COC(=O)c1cccc(NC(=O)CN(c2ccc(Cl)cc2)S(=O)(=O)c2ccc(OC)c(OC)c2)c1. The molecule has 3 rings (SSSR count). The number of nitrogens with one attached hydrogen (secondary N) is 1. The summed E-state index contributed by atoms with van der Waals surface area (Å²) < 4.78 is 43.3. The number of anilines is 2. The van der Waals surface area contributed by atoms with Crippen LogP contribution in [0.25, 0.3) is 0 Å². The van der Waals surface area contributed by atoms with E-state index in [2.05, 4.69) is 10.1 Å². The standard InChI is InChI=1S/C24H23ClN2O7S/c1-32-21-12-11-20(14-22(21)33-2)35(30,31)27(19-9-7-17(25)8-10-19)15-23(28)26-18-6-4-5-16(13-18)24(29)34-3/h4-14H,15H2,1-3H3,(H,26,28). The highest BCUT2D eigenvalue weighted by atomic mass is 35.5. The molecule has 1 N–H and O–H groups in total. The first-order valence-electron chi connectivity index (χ1n) is 10.2. The highest BCUT2D eigenvalue weighted by Crippen LogP contribution is 2.32. The van der Waals surface area contributed by atoms with Crippen molar-refractivity contribution in [2.75, 3.05) is 37.5 Å². The van der Waals surface area contributed by atoms with Gasteiger partial charge in [0, 0.05) is 16.8 Å². The van der Waals surface area contributed by atoms with Crippen molar-refractivity contribution >= 4 is 44.9 Å². The molecule has 0 fully saturated rings. The number of hydrogen-bond acceptors (Lipinski definition) is 7. The topological polar surface area (TPSA) is 111 Å². The van der Waals surface area contributed by atoms with E-state index in [9.17, 15) is 18.0 Å². The maximum Gasteiger partial charge on any atom is 0.337 e. The van der Waals surface area contributed by atoms with Crippen LogP contribution in [0.3, 0.4) is 0 Å². The molecule has 0 bridgehead atoms. The molecule has 0 aromatic heterocycles. The fourth-order valence-corrected chi connectivity index (χ4v) is 4.76. The number of amides is 1. The summed E-state index contributed by atoms with van der Waals surface area (Å²) in [5.74, 6) is -0.632. The lowest BCUT2D eigenvalue weighted by atomic mass is 10.2. The highest BCUT2D eigenvalue weighted by Gasteiger charge is 2.28. The molecule has 0 heterocycles. The Bertz CT molecular complexity index is 1330. The molecule has 11 heteroatoms. The quantitative estimate of drug-likeness (QED) is 0.426. The number of rotatable bonds is 9. The number of carbonyl (C=O) groups is 2. The molecule has 3 aromatic carbocycles. The molecule has 3 aromatic rings. The predicted molar refractivity (Wildman–Crippen MR) is 132 cm³/mol. The van der Waals surface area contributed by atoms with Gasteiger partial charge >= 0.3 is 5.97 Å². The number of sulfonamides is 1. The zero-order valence-corrected chi connectivity index (χ0v) is 20.7. The summed E-state index contributed by atoms with van der Waals surface area (Å²) in [5.41, 5.74) is 0.762. The minimum Gasteiger partial charge on any atom is -0.493 e. The van der Waals surface area contributed by atoms with Gasteiger partial charge < -0.3 is 19.5 Å². The van der Waals surface area contributed by atoms with E-state index < -0.39 is 28.4 Å². The largest absolute Gasteiger partial charge is 0.493 e. The number of benzene rings is 3. The van der Waals surface area contributed by atoms with Gasteiger partial charge in [-0.15, -0.1) is 0 Å². The van der Waals surface area contributed by atoms with Gasteiger partial charge in [0.05, 0.1) is 37.5 Å². The predicted octanol–water partition coefficient (Wildman–Crippen LogP) is 3.98. The van der Waals surface area contributed by atoms with Crippen molar-refractivity contribution in [3.8, 4) is 11.5 Å².